The fourth-order valence-corrected chi connectivity index (χ4v) is 5.21. The zero-order valence-corrected chi connectivity index (χ0v) is 18.2. The number of amides is 4. The molecule has 3 aliphatic rings. The molecule has 3 fully saturated rings. The van der Waals surface area contributed by atoms with Crippen molar-refractivity contribution in [3.05, 3.63) is 34.3 Å². The SMILES string of the molecule is O=C(COC(=O)CCN1C(=O)[C@H]2[C@H]3CC[C@@H](C3)[C@@H]2C1=O)NNC(=O)c1ccc(Br)cc1. The lowest BCUT2D eigenvalue weighted by Gasteiger charge is -2.19. The molecule has 1 saturated heterocycles. The Balaban J connectivity index is 1.17. The van der Waals surface area contributed by atoms with Crippen LogP contribution in [-0.2, 0) is 23.9 Å². The first-order valence-corrected chi connectivity index (χ1v) is 11.0. The summed E-state index contributed by atoms with van der Waals surface area (Å²) in [5.41, 5.74) is 4.73. The van der Waals surface area contributed by atoms with Gasteiger partial charge in [0.15, 0.2) is 6.61 Å². The topological polar surface area (TPSA) is 122 Å². The monoisotopic (exact) mass is 491 g/mol. The number of hydrogen-bond donors (Lipinski definition) is 2. The number of carbonyl (C=O) groups excluding carboxylic acids is 5. The summed E-state index contributed by atoms with van der Waals surface area (Å²) >= 11 is 3.26. The number of nitrogens with one attached hydrogen (secondary N) is 2. The van der Waals surface area contributed by atoms with Crippen LogP contribution in [0.25, 0.3) is 0 Å². The molecule has 2 saturated carbocycles. The molecule has 2 bridgehead atoms. The van der Waals surface area contributed by atoms with Gasteiger partial charge in [-0.05, 0) is 55.4 Å². The minimum atomic E-state index is -0.710. The van der Waals surface area contributed by atoms with Gasteiger partial charge in [0.25, 0.3) is 11.8 Å². The Labute approximate surface area is 187 Å². The number of carbonyl (C=O) groups is 5. The van der Waals surface area contributed by atoms with Gasteiger partial charge in [-0.3, -0.25) is 39.7 Å². The molecule has 0 aromatic heterocycles. The minimum Gasteiger partial charge on any atom is -0.455 e. The summed E-state index contributed by atoms with van der Waals surface area (Å²) in [6.07, 6.45) is 2.77. The molecule has 0 unspecified atom stereocenters. The fourth-order valence-electron chi connectivity index (χ4n) is 4.95. The first-order valence-electron chi connectivity index (χ1n) is 10.2. The Hall–Kier alpha value is -2.75. The summed E-state index contributed by atoms with van der Waals surface area (Å²) in [5, 5.41) is 0. The van der Waals surface area contributed by atoms with Crippen molar-refractivity contribution >= 4 is 45.5 Å². The minimum absolute atomic E-state index is 0.0368. The molecule has 4 atom stereocenters. The van der Waals surface area contributed by atoms with Gasteiger partial charge in [-0.2, -0.15) is 0 Å². The summed E-state index contributed by atoms with van der Waals surface area (Å²) < 4.78 is 5.69. The predicted octanol–water partition coefficient (Wildman–Crippen LogP) is 1.17. The van der Waals surface area contributed by atoms with Crippen molar-refractivity contribution in [3.63, 3.8) is 0 Å². The van der Waals surface area contributed by atoms with E-state index in [4.69, 9.17) is 4.74 Å². The lowest BCUT2D eigenvalue weighted by molar-refractivity contribution is -0.150. The van der Waals surface area contributed by atoms with Crippen molar-refractivity contribution in [2.45, 2.75) is 25.7 Å². The van der Waals surface area contributed by atoms with E-state index in [1.54, 1.807) is 24.3 Å². The van der Waals surface area contributed by atoms with Crippen molar-refractivity contribution in [1.29, 1.82) is 0 Å². The van der Waals surface area contributed by atoms with Gasteiger partial charge in [0.05, 0.1) is 18.3 Å². The molecule has 4 amide bonds. The highest BCUT2D eigenvalue weighted by molar-refractivity contribution is 9.10. The van der Waals surface area contributed by atoms with Crippen LogP contribution in [0.2, 0.25) is 0 Å². The molecule has 164 valence electrons. The van der Waals surface area contributed by atoms with Crippen molar-refractivity contribution in [2.24, 2.45) is 23.7 Å². The number of benzene rings is 1. The molecule has 31 heavy (non-hydrogen) atoms. The molecule has 1 aromatic rings. The standard InChI is InChI=1S/C21H22BrN3O6/c22-14-5-3-11(4-6-14)19(28)24-23-15(26)10-31-16(27)7-8-25-20(29)17-12-1-2-13(9-12)18(17)21(25)30/h3-6,12-13,17-18H,1-2,7-10H2,(H,23,26)(H,24,28)/t12-,13-,17-,18-/m0/s1. The van der Waals surface area contributed by atoms with Gasteiger partial charge in [-0.1, -0.05) is 15.9 Å². The number of hydrazine groups is 1. The van der Waals surface area contributed by atoms with Crippen molar-refractivity contribution in [3.8, 4) is 0 Å². The average molecular weight is 492 g/mol. The third-order valence-electron chi connectivity index (χ3n) is 6.34. The summed E-state index contributed by atoms with van der Waals surface area (Å²) in [4.78, 5) is 62.0. The van der Waals surface area contributed by atoms with E-state index in [9.17, 15) is 24.0 Å². The van der Waals surface area contributed by atoms with Crippen molar-refractivity contribution < 1.29 is 28.7 Å². The van der Waals surface area contributed by atoms with Crippen LogP contribution >= 0.6 is 15.9 Å². The van der Waals surface area contributed by atoms with Crippen molar-refractivity contribution in [2.75, 3.05) is 13.2 Å². The molecule has 1 heterocycles. The largest absolute Gasteiger partial charge is 0.455 e. The summed E-state index contributed by atoms with van der Waals surface area (Å²) in [5.74, 6) is -2.14. The third-order valence-corrected chi connectivity index (χ3v) is 6.87. The lowest BCUT2D eigenvalue weighted by atomic mass is 9.81. The van der Waals surface area contributed by atoms with E-state index >= 15 is 0 Å². The Morgan fingerprint density at radius 2 is 1.61 bits per heavy atom. The average Bonchev–Trinajstić information content (AvgIpc) is 3.44. The second-order valence-corrected chi connectivity index (χ2v) is 9.05. The van der Waals surface area contributed by atoms with E-state index in [1.165, 1.54) is 4.90 Å². The maximum atomic E-state index is 12.6. The number of imide groups is 1. The first-order chi connectivity index (χ1) is 14.8. The van der Waals surface area contributed by atoms with E-state index in [0.717, 1.165) is 23.7 Å². The van der Waals surface area contributed by atoms with E-state index in [2.05, 4.69) is 26.8 Å². The Kier molecular flexibility index (Phi) is 6.08. The number of likely N-dealkylation sites (tertiary alicyclic amines) is 1. The fraction of sp³-hybridized carbons (Fsp3) is 0.476. The van der Waals surface area contributed by atoms with Gasteiger partial charge in [-0.15, -0.1) is 0 Å². The third kappa shape index (κ3) is 4.34. The van der Waals surface area contributed by atoms with Crippen LogP contribution in [0.15, 0.2) is 28.7 Å². The van der Waals surface area contributed by atoms with Crippen LogP contribution in [0.3, 0.4) is 0 Å². The molecule has 2 N–H and O–H groups in total. The number of esters is 1. The van der Waals surface area contributed by atoms with Gasteiger partial charge in [0.1, 0.15) is 0 Å². The smallest absolute Gasteiger partial charge is 0.308 e. The highest BCUT2D eigenvalue weighted by Crippen LogP contribution is 2.56. The number of nitrogens with zero attached hydrogens (tertiary/aromatic N) is 1. The van der Waals surface area contributed by atoms with Crippen LogP contribution in [0.1, 0.15) is 36.0 Å². The van der Waals surface area contributed by atoms with Crippen LogP contribution in [-0.4, -0.2) is 47.6 Å². The molecular weight excluding hydrogens is 470 g/mol. The normalized spacial score (nSPS) is 26.0. The molecule has 2 aliphatic carbocycles. The summed E-state index contributed by atoms with van der Waals surface area (Å²) in [7, 11) is 0. The Bertz CT molecular complexity index is 906. The zero-order valence-electron chi connectivity index (χ0n) is 16.6. The van der Waals surface area contributed by atoms with Gasteiger partial charge in [-0.25, -0.2) is 0 Å². The lowest BCUT2D eigenvalue weighted by Crippen LogP contribution is -2.43. The molecule has 1 aliphatic heterocycles. The van der Waals surface area contributed by atoms with Crippen LogP contribution < -0.4 is 10.9 Å². The molecule has 10 heteroatoms. The first kappa shape index (κ1) is 21.5. The molecule has 0 spiro atoms. The Morgan fingerprint density at radius 3 is 2.23 bits per heavy atom. The second kappa shape index (κ2) is 8.78. The summed E-state index contributed by atoms with van der Waals surface area (Å²) in [6, 6.07) is 6.52. The number of ether oxygens (including phenoxy) is 1. The zero-order chi connectivity index (χ0) is 22.1. The maximum Gasteiger partial charge on any atom is 0.308 e. The molecule has 1 aromatic carbocycles. The van der Waals surface area contributed by atoms with E-state index in [-0.39, 0.29) is 36.6 Å². The molecule has 0 radical (unpaired) electrons. The molecule has 9 nitrogen and oxygen atoms in total. The number of rotatable bonds is 6. The van der Waals surface area contributed by atoms with Gasteiger partial charge in [0.2, 0.25) is 11.8 Å². The van der Waals surface area contributed by atoms with E-state index < -0.39 is 24.4 Å². The highest BCUT2D eigenvalue weighted by Gasteiger charge is 2.60. The van der Waals surface area contributed by atoms with Crippen LogP contribution in [0.4, 0.5) is 0 Å². The molecule has 4 rings (SSSR count). The Morgan fingerprint density at radius 1 is 1.00 bits per heavy atom. The number of fused-ring (bicyclic) bond motifs is 5. The molecular formula is C21H22BrN3O6. The second-order valence-electron chi connectivity index (χ2n) is 8.13. The van der Waals surface area contributed by atoms with Gasteiger partial charge >= 0.3 is 5.97 Å². The van der Waals surface area contributed by atoms with Gasteiger partial charge in [0, 0.05) is 16.6 Å². The number of halogens is 1. The van der Waals surface area contributed by atoms with Crippen LogP contribution in [0.5, 0.6) is 0 Å². The quantitative estimate of drug-likeness (QED) is 0.350. The summed E-state index contributed by atoms with van der Waals surface area (Å²) in [6.45, 7) is -0.623. The maximum absolute atomic E-state index is 12.6. The highest BCUT2D eigenvalue weighted by atomic mass is 79.9. The number of hydrogen-bond acceptors (Lipinski definition) is 6. The predicted molar refractivity (Wildman–Crippen MR) is 110 cm³/mol. The van der Waals surface area contributed by atoms with Gasteiger partial charge < -0.3 is 4.74 Å². The van der Waals surface area contributed by atoms with E-state index in [1.807, 2.05) is 0 Å². The van der Waals surface area contributed by atoms with E-state index in [0.29, 0.717) is 17.4 Å². The van der Waals surface area contributed by atoms with Crippen LogP contribution in [0, 0.1) is 23.7 Å². The van der Waals surface area contributed by atoms with Crippen molar-refractivity contribution in [1.82, 2.24) is 15.8 Å².